The van der Waals surface area contributed by atoms with Crippen molar-refractivity contribution in [3.8, 4) is 0 Å². The van der Waals surface area contributed by atoms with Gasteiger partial charge in [-0.25, -0.2) is 4.79 Å². The number of nitrogens with one attached hydrogen (secondary N) is 1. The molecule has 1 amide bonds. The lowest BCUT2D eigenvalue weighted by atomic mass is 9.97. The third kappa shape index (κ3) is 9.85. The van der Waals surface area contributed by atoms with Crippen molar-refractivity contribution < 1.29 is 14.3 Å². The predicted molar refractivity (Wildman–Crippen MR) is 68.0 cm³/mol. The minimum absolute atomic E-state index is 0.300. The molecule has 0 aliphatic heterocycles. The fourth-order valence-electron chi connectivity index (χ4n) is 1.44. The summed E-state index contributed by atoms with van der Waals surface area (Å²) in [6.07, 6.45) is 3.74. The van der Waals surface area contributed by atoms with Crippen LogP contribution in [0.3, 0.4) is 0 Å². The van der Waals surface area contributed by atoms with Crippen LogP contribution in [0.2, 0.25) is 0 Å². The van der Waals surface area contributed by atoms with Gasteiger partial charge in [-0.15, -0.1) is 0 Å². The first kappa shape index (κ1) is 15.9. The molecule has 0 atom stereocenters. The van der Waals surface area contributed by atoms with Gasteiger partial charge in [0.25, 0.3) is 0 Å². The zero-order valence-electron chi connectivity index (χ0n) is 11.6. The highest BCUT2D eigenvalue weighted by atomic mass is 16.6. The van der Waals surface area contributed by atoms with Gasteiger partial charge in [0.15, 0.2) is 0 Å². The van der Waals surface area contributed by atoms with Gasteiger partial charge >= 0.3 is 6.09 Å². The summed E-state index contributed by atoms with van der Waals surface area (Å²) in [6, 6.07) is 0. The summed E-state index contributed by atoms with van der Waals surface area (Å²) in [6.45, 7) is 9.42. The Hall–Kier alpha value is -1.06. The highest BCUT2D eigenvalue weighted by Gasteiger charge is 2.23. The Morgan fingerprint density at radius 3 is 2.24 bits per heavy atom. The summed E-state index contributed by atoms with van der Waals surface area (Å²) in [5, 5.41) is 2.84. The third-order valence-corrected chi connectivity index (χ3v) is 2.21. The molecule has 4 heteroatoms. The second kappa shape index (κ2) is 6.62. The van der Waals surface area contributed by atoms with E-state index in [9.17, 15) is 9.59 Å². The lowest BCUT2D eigenvalue weighted by Gasteiger charge is -2.28. The molecule has 0 spiro atoms. The van der Waals surface area contributed by atoms with Gasteiger partial charge in [0, 0.05) is 12.0 Å². The van der Waals surface area contributed by atoms with Crippen LogP contribution >= 0.6 is 0 Å². The molecule has 0 rings (SSSR count). The molecule has 100 valence electrons. The van der Waals surface area contributed by atoms with Crippen molar-refractivity contribution in [2.45, 2.75) is 71.4 Å². The van der Waals surface area contributed by atoms with Crippen LogP contribution in [0.15, 0.2) is 0 Å². The van der Waals surface area contributed by atoms with Gasteiger partial charge in [-0.1, -0.05) is 6.42 Å². The lowest BCUT2D eigenvalue weighted by Crippen LogP contribution is -2.45. The second-order valence-corrected chi connectivity index (χ2v) is 5.92. The monoisotopic (exact) mass is 243 g/mol. The van der Waals surface area contributed by atoms with Crippen LogP contribution in [-0.4, -0.2) is 23.5 Å². The molecular weight excluding hydrogens is 218 g/mol. The number of carbonyl (C=O) groups excluding carboxylic acids is 2. The molecule has 4 nitrogen and oxygen atoms in total. The van der Waals surface area contributed by atoms with Crippen LogP contribution < -0.4 is 5.32 Å². The molecule has 0 unspecified atom stereocenters. The fourth-order valence-corrected chi connectivity index (χ4v) is 1.44. The van der Waals surface area contributed by atoms with Crippen LogP contribution in [0.25, 0.3) is 0 Å². The normalized spacial score (nSPS) is 12.1. The quantitative estimate of drug-likeness (QED) is 0.576. The standard InChI is InChI=1S/C13H25NO3/c1-12(2,3)17-11(16)14-13(4,5)9-7-6-8-10-15/h10H,6-9H2,1-5H3,(H,14,16). The maximum absolute atomic E-state index is 11.6. The van der Waals surface area contributed by atoms with E-state index in [0.29, 0.717) is 6.42 Å². The van der Waals surface area contributed by atoms with E-state index in [1.54, 1.807) is 0 Å². The number of unbranched alkanes of at least 4 members (excludes halogenated alkanes) is 2. The molecule has 0 fully saturated rings. The van der Waals surface area contributed by atoms with Crippen molar-refractivity contribution >= 4 is 12.4 Å². The Kier molecular flexibility index (Phi) is 6.21. The van der Waals surface area contributed by atoms with Crippen LogP contribution in [0.1, 0.15) is 60.3 Å². The van der Waals surface area contributed by atoms with Crippen molar-refractivity contribution in [2.75, 3.05) is 0 Å². The van der Waals surface area contributed by atoms with Crippen LogP contribution in [0.4, 0.5) is 4.79 Å². The van der Waals surface area contributed by atoms with Gasteiger partial charge in [-0.2, -0.15) is 0 Å². The van der Waals surface area contributed by atoms with Crippen LogP contribution in [0, 0.1) is 0 Å². The maximum atomic E-state index is 11.6. The number of rotatable bonds is 6. The predicted octanol–water partition coefficient (Wildman–Crippen LogP) is 3.05. The van der Waals surface area contributed by atoms with Gasteiger partial charge in [-0.3, -0.25) is 0 Å². The third-order valence-electron chi connectivity index (χ3n) is 2.21. The topological polar surface area (TPSA) is 55.4 Å². The maximum Gasteiger partial charge on any atom is 0.408 e. The van der Waals surface area contributed by atoms with E-state index in [2.05, 4.69) is 5.32 Å². The van der Waals surface area contributed by atoms with Crippen molar-refractivity contribution in [3.63, 3.8) is 0 Å². The van der Waals surface area contributed by atoms with Gasteiger partial charge in [0.2, 0.25) is 0 Å². The average Bonchev–Trinajstić information content (AvgIpc) is 2.08. The van der Waals surface area contributed by atoms with Gasteiger partial charge < -0.3 is 14.8 Å². The largest absolute Gasteiger partial charge is 0.444 e. The molecule has 0 aliphatic rings. The molecule has 1 N–H and O–H groups in total. The summed E-state index contributed by atoms with van der Waals surface area (Å²) in [5.74, 6) is 0. The van der Waals surface area contributed by atoms with Gasteiger partial charge in [0.1, 0.15) is 11.9 Å². The zero-order valence-corrected chi connectivity index (χ0v) is 11.6. The molecule has 0 aliphatic carbocycles. The molecule has 17 heavy (non-hydrogen) atoms. The highest BCUT2D eigenvalue weighted by Crippen LogP contribution is 2.15. The van der Waals surface area contributed by atoms with E-state index in [1.807, 2.05) is 34.6 Å². The first-order valence-corrected chi connectivity index (χ1v) is 6.11. The first-order valence-electron chi connectivity index (χ1n) is 6.11. The highest BCUT2D eigenvalue weighted by molar-refractivity contribution is 5.68. The van der Waals surface area contributed by atoms with E-state index >= 15 is 0 Å². The number of aldehydes is 1. The van der Waals surface area contributed by atoms with Crippen LogP contribution in [-0.2, 0) is 9.53 Å². The Morgan fingerprint density at radius 1 is 1.18 bits per heavy atom. The number of alkyl carbamates (subject to hydrolysis) is 1. The smallest absolute Gasteiger partial charge is 0.408 e. The van der Waals surface area contributed by atoms with Gasteiger partial charge in [-0.05, 0) is 47.5 Å². The van der Waals surface area contributed by atoms with E-state index < -0.39 is 11.7 Å². The first-order chi connectivity index (χ1) is 7.66. The molecule has 0 radical (unpaired) electrons. The summed E-state index contributed by atoms with van der Waals surface area (Å²) in [4.78, 5) is 21.7. The van der Waals surface area contributed by atoms with Crippen molar-refractivity contribution in [2.24, 2.45) is 0 Å². The second-order valence-electron chi connectivity index (χ2n) is 5.92. The minimum atomic E-state index is -0.475. The molecule has 0 aromatic heterocycles. The van der Waals surface area contributed by atoms with E-state index in [4.69, 9.17) is 4.74 Å². The summed E-state index contributed by atoms with van der Waals surface area (Å²) in [5.41, 5.74) is -0.775. The zero-order chi connectivity index (χ0) is 13.5. The number of amides is 1. The molecule has 0 aromatic rings. The number of hydrogen-bond donors (Lipinski definition) is 1. The molecular formula is C13H25NO3. The Bertz CT molecular complexity index is 254. The van der Waals surface area contributed by atoms with Gasteiger partial charge in [0.05, 0.1) is 0 Å². The minimum Gasteiger partial charge on any atom is -0.444 e. The Balaban J connectivity index is 3.98. The fraction of sp³-hybridized carbons (Fsp3) is 0.846. The van der Waals surface area contributed by atoms with Crippen molar-refractivity contribution in [3.05, 3.63) is 0 Å². The molecule has 0 saturated heterocycles. The molecule has 0 aromatic carbocycles. The SMILES string of the molecule is CC(C)(CCCCC=O)NC(=O)OC(C)(C)C. The average molecular weight is 243 g/mol. The van der Waals surface area contributed by atoms with E-state index in [0.717, 1.165) is 25.5 Å². The number of hydrogen-bond acceptors (Lipinski definition) is 3. The number of carbonyl (C=O) groups is 2. The van der Waals surface area contributed by atoms with E-state index in [1.165, 1.54) is 0 Å². The molecule has 0 saturated carbocycles. The van der Waals surface area contributed by atoms with Crippen LogP contribution in [0.5, 0.6) is 0 Å². The summed E-state index contributed by atoms with van der Waals surface area (Å²) < 4.78 is 5.19. The van der Waals surface area contributed by atoms with E-state index in [-0.39, 0.29) is 5.54 Å². The van der Waals surface area contributed by atoms with Crippen molar-refractivity contribution in [1.29, 1.82) is 0 Å². The number of ether oxygens (including phenoxy) is 1. The lowest BCUT2D eigenvalue weighted by molar-refractivity contribution is -0.107. The van der Waals surface area contributed by atoms with Crippen molar-refractivity contribution in [1.82, 2.24) is 5.32 Å². The Labute approximate surface area is 104 Å². The summed E-state index contributed by atoms with van der Waals surface area (Å²) in [7, 11) is 0. The Morgan fingerprint density at radius 2 is 1.76 bits per heavy atom. The summed E-state index contributed by atoms with van der Waals surface area (Å²) >= 11 is 0. The molecule has 0 heterocycles. The molecule has 0 bridgehead atoms.